The first-order valence-corrected chi connectivity index (χ1v) is 20.6. The number of allylic oxidation sites excluding steroid dienone is 4. The summed E-state index contributed by atoms with van der Waals surface area (Å²) in [5, 5.41) is 32.1. The van der Waals surface area contributed by atoms with E-state index in [0.717, 1.165) is 19.3 Å². The van der Waals surface area contributed by atoms with Gasteiger partial charge in [-0.2, -0.15) is 0 Å². The fourth-order valence-electron chi connectivity index (χ4n) is 11.1. The lowest BCUT2D eigenvalue weighted by Crippen LogP contribution is -2.72. The van der Waals surface area contributed by atoms with E-state index in [1.54, 1.807) is 6.92 Å². The smallest absolute Gasteiger partial charge is 0.118 e. The van der Waals surface area contributed by atoms with Crippen LogP contribution >= 0.6 is 0 Å². The summed E-state index contributed by atoms with van der Waals surface area (Å²) in [5.41, 5.74) is -3.89. The van der Waals surface area contributed by atoms with Crippen LogP contribution in [0, 0.1) is 0 Å². The van der Waals surface area contributed by atoms with Gasteiger partial charge in [0.25, 0.3) is 0 Å². The van der Waals surface area contributed by atoms with E-state index < -0.39 is 40.2 Å². The molecule has 3 N–H and O–H groups in total. The second-order valence-corrected chi connectivity index (χ2v) is 18.5. The first-order valence-electron chi connectivity index (χ1n) is 20.6. The number of hydrogen-bond donors (Lipinski definition) is 3. The van der Waals surface area contributed by atoms with Gasteiger partial charge in [0.2, 0.25) is 0 Å². The molecule has 8 rings (SSSR count). The lowest BCUT2D eigenvalue weighted by Gasteiger charge is -2.61. The molecule has 7 saturated heterocycles. The molecule has 0 aromatic carbocycles. The van der Waals surface area contributed by atoms with E-state index in [2.05, 4.69) is 27.4 Å². The van der Waals surface area contributed by atoms with Gasteiger partial charge in [0, 0.05) is 45.1 Å². The van der Waals surface area contributed by atoms with E-state index in [1.165, 1.54) is 0 Å². The Morgan fingerprint density at radius 3 is 2.35 bits per heavy atom. The quantitative estimate of drug-likeness (QED) is 0.241. The second kappa shape index (κ2) is 14.7. The topological polar surface area (TPSA) is 135 Å². The predicted molar refractivity (Wildman–Crippen MR) is 200 cm³/mol. The van der Waals surface area contributed by atoms with Gasteiger partial charge in [0.05, 0.1) is 83.9 Å². The highest BCUT2D eigenvalue weighted by Gasteiger charge is 2.64. The van der Waals surface area contributed by atoms with Crippen molar-refractivity contribution in [1.29, 1.82) is 0 Å². The van der Waals surface area contributed by atoms with Crippen molar-refractivity contribution >= 4 is 0 Å². The molecule has 0 radical (unpaired) electrons. The Balaban J connectivity index is 0.950. The van der Waals surface area contributed by atoms with Crippen molar-refractivity contribution in [3.8, 4) is 0 Å². The molecule has 0 saturated carbocycles. The Kier molecular flexibility index (Phi) is 10.7. The number of rotatable bonds is 7. The first-order chi connectivity index (χ1) is 25.7. The van der Waals surface area contributed by atoms with Crippen LogP contribution < -0.4 is 0 Å². The van der Waals surface area contributed by atoms with Crippen LogP contribution in [0.25, 0.3) is 0 Å². The van der Waals surface area contributed by atoms with Gasteiger partial charge in [-0.05, 0) is 66.7 Å². The Morgan fingerprint density at radius 1 is 0.759 bits per heavy atom. The third kappa shape index (κ3) is 7.16. The molecule has 8 heterocycles. The van der Waals surface area contributed by atoms with Crippen LogP contribution in [0.5, 0.6) is 0 Å². The molecule has 0 spiro atoms. The molecule has 0 aliphatic carbocycles. The Bertz CT molecular complexity index is 1460. The summed E-state index contributed by atoms with van der Waals surface area (Å²) >= 11 is 0. The van der Waals surface area contributed by atoms with Crippen LogP contribution in [-0.2, 0) is 37.9 Å². The van der Waals surface area contributed by atoms with Crippen LogP contribution in [0.3, 0.4) is 0 Å². The van der Waals surface area contributed by atoms with Crippen LogP contribution in [0.2, 0.25) is 0 Å². The number of aliphatic hydroxyl groups is 3. The Labute approximate surface area is 321 Å². The van der Waals surface area contributed by atoms with E-state index >= 15 is 0 Å². The molecule has 11 heteroatoms. The monoisotopic (exact) mass is 756 g/mol. The van der Waals surface area contributed by atoms with Crippen molar-refractivity contribution in [2.45, 2.75) is 213 Å². The average Bonchev–Trinajstić information content (AvgIpc) is 3.31. The van der Waals surface area contributed by atoms with Gasteiger partial charge in [0.1, 0.15) is 23.4 Å². The van der Waals surface area contributed by atoms with E-state index in [4.69, 9.17) is 37.9 Å². The van der Waals surface area contributed by atoms with E-state index in [1.807, 2.05) is 49.5 Å². The van der Waals surface area contributed by atoms with Crippen molar-refractivity contribution < 1.29 is 53.2 Å². The SMILES string of the molecule is C=CC/C=C\C=C/[C@H]1O[C@H]2C[C@H]3O[C@H]4CC[C@H]5O[C@H]6C[C@@]7(C)O[C@@]8(C)[C@@H](O)C[C@H](CCCO)O[C@@H]8C[C@@H]7O[C@@H]6C[C@@H]5O[C@]4(C)C[C@]3(C)O[C@@H]2C=C[C@@]1(C)O. The molecule has 8 aliphatic heterocycles. The van der Waals surface area contributed by atoms with Crippen LogP contribution in [0.15, 0.2) is 49.1 Å². The Morgan fingerprint density at radius 2 is 1.56 bits per heavy atom. The third-order valence-corrected chi connectivity index (χ3v) is 14.1. The number of hydrogen-bond acceptors (Lipinski definition) is 11. The van der Waals surface area contributed by atoms with Gasteiger partial charge in [-0.1, -0.05) is 42.5 Å². The van der Waals surface area contributed by atoms with E-state index in [9.17, 15) is 15.3 Å². The van der Waals surface area contributed by atoms with E-state index in [0.29, 0.717) is 51.4 Å². The molecular weight excluding hydrogens is 692 g/mol. The highest BCUT2D eigenvalue weighted by atomic mass is 16.6. The van der Waals surface area contributed by atoms with Gasteiger partial charge in [-0.15, -0.1) is 6.58 Å². The van der Waals surface area contributed by atoms with Gasteiger partial charge in [-0.3, -0.25) is 0 Å². The summed E-state index contributed by atoms with van der Waals surface area (Å²) in [5.74, 6) is 0. The summed E-state index contributed by atoms with van der Waals surface area (Å²) in [6.07, 6.45) is 17.5. The fraction of sp³-hybridized carbons (Fsp3) is 0.814. The van der Waals surface area contributed by atoms with Gasteiger partial charge >= 0.3 is 0 Å². The molecule has 0 amide bonds. The first kappa shape index (κ1) is 39.4. The number of ether oxygens (including phenoxy) is 8. The summed E-state index contributed by atoms with van der Waals surface area (Å²) in [4.78, 5) is 0. The number of aliphatic hydroxyl groups excluding tert-OH is 2. The Hall–Kier alpha value is -1.48. The molecule has 0 bridgehead atoms. The molecule has 302 valence electrons. The van der Waals surface area contributed by atoms with Gasteiger partial charge < -0.3 is 53.2 Å². The lowest BCUT2D eigenvalue weighted by atomic mass is 9.72. The summed E-state index contributed by atoms with van der Waals surface area (Å²) < 4.78 is 54.9. The zero-order valence-corrected chi connectivity index (χ0v) is 32.8. The minimum absolute atomic E-state index is 0.104. The molecule has 7 fully saturated rings. The van der Waals surface area contributed by atoms with E-state index in [-0.39, 0.29) is 73.8 Å². The number of fused-ring (bicyclic) bond motifs is 7. The molecule has 0 aromatic heterocycles. The average molecular weight is 757 g/mol. The van der Waals surface area contributed by atoms with Gasteiger partial charge in [0.15, 0.2) is 0 Å². The molecule has 0 aromatic rings. The zero-order chi connectivity index (χ0) is 38.1. The molecule has 0 unspecified atom stereocenters. The van der Waals surface area contributed by atoms with Gasteiger partial charge in [-0.25, -0.2) is 0 Å². The largest absolute Gasteiger partial charge is 0.396 e. The molecule has 54 heavy (non-hydrogen) atoms. The molecule has 8 aliphatic rings. The zero-order valence-electron chi connectivity index (χ0n) is 32.8. The van der Waals surface area contributed by atoms with Crippen molar-refractivity contribution in [3.63, 3.8) is 0 Å². The normalized spacial score (nSPS) is 54.2. The molecule has 18 atom stereocenters. The third-order valence-electron chi connectivity index (χ3n) is 14.1. The van der Waals surface area contributed by atoms with Crippen LogP contribution in [-0.4, -0.2) is 129 Å². The predicted octanol–water partition coefficient (Wildman–Crippen LogP) is 4.94. The highest BCUT2D eigenvalue weighted by Crippen LogP contribution is 2.54. The minimum Gasteiger partial charge on any atom is -0.396 e. The van der Waals surface area contributed by atoms with Crippen molar-refractivity contribution in [1.82, 2.24) is 0 Å². The maximum absolute atomic E-state index is 11.3. The minimum atomic E-state index is -1.19. The van der Waals surface area contributed by atoms with Crippen molar-refractivity contribution in [2.24, 2.45) is 0 Å². The lowest BCUT2D eigenvalue weighted by molar-refractivity contribution is -0.369. The summed E-state index contributed by atoms with van der Waals surface area (Å²) in [6, 6.07) is 0. The fourth-order valence-corrected chi connectivity index (χ4v) is 11.1. The van der Waals surface area contributed by atoms with Crippen LogP contribution in [0.4, 0.5) is 0 Å². The molecular formula is C43H64O11. The maximum atomic E-state index is 11.3. The summed E-state index contributed by atoms with van der Waals surface area (Å²) in [7, 11) is 0. The van der Waals surface area contributed by atoms with Crippen molar-refractivity contribution in [2.75, 3.05) is 6.61 Å². The maximum Gasteiger partial charge on any atom is 0.118 e. The second-order valence-electron chi connectivity index (χ2n) is 18.5. The highest BCUT2D eigenvalue weighted by molar-refractivity contribution is 5.20. The molecule has 11 nitrogen and oxygen atoms in total. The summed E-state index contributed by atoms with van der Waals surface area (Å²) in [6.45, 7) is 14.0. The van der Waals surface area contributed by atoms with Crippen molar-refractivity contribution in [3.05, 3.63) is 49.1 Å². The van der Waals surface area contributed by atoms with Crippen LogP contribution in [0.1, 0.15) is 105 Å². The standard InChI is InChI=1S/C43H64O11/c1-7-8-9-10-11-14-34-39(2,46)18-17-28-30(49-34)22-36-42(5,52-28)25-41(4)35(51-36)16-15-27-31(53-41)21-29-32(48-27)24-40(3)37(50-29)23-38-43(6,54-40)33(45)20-26(47-38)13-12-19-44/h7,9-11,14,17-18,26-38,44-46H,1,8,12-13,15-16,19-25H2,2-6H3/b10-9-,14-11-/t26-,27+,28+,29+,30-,31-,32-,33-,34+,35-,36+,37-,38+,39+,40+,41+,42-,43-/m0/s1.